The van der Waals surface area contributed by atoms with Gasteiger partial charge in [-0.25, -0.2) is 10.4 Å². The number of benzene rings is 3. The minimum absolute atomic E-state index is 0.0794. The van der Waals surface area contributed by atoms with E-state index in [0.717, 1.165) is 26.9 Å². The third-order valence-corrected chi connectivity index (χ3v) is 7.19. The number of hydrogen-bond acceptors (Lipinski definition) is 7. The molecule has 200 valence electrons. The molecule has 38 heavy (non-hydrogen) atoms. The Morgan fingerprint density at radius 1 is 1.08 bits per heavy atom. The van der Waals surface area contributed by atoms with Crippen molar-refractivity contribution < 1.29 is 24.1 Å². The summed E-state index contributed by atoms with van der Waals surface area (Å²) in [5.74, 6) is 1.52. The minimum Gasteiger partial charge on any atom is -0.496 e. The van der Waals surface area contributed by atoms with Crippen molar-refractivity contribution in [2.45, 2.75) is 38.0 Å². The topological polar surface area (TPSA) is 101 Å². The number of carbonyl (C=O) groups is 1. The van der Waals surface area contributed by atoms with Crippen LogP contribution >= 0.6 is 15.9 Å². The van der Waals surface area contributed by atoms with Crippen molar-refractivity contribution in [2.75, 3.05) is 20.3 Å². The number of rotatable bonds is 12. The van der Waals surface area contributed by atoms with Gasteiger partial charge in [-0.3, -0.25) is 10.2 Å². The molecule has 2 atom stereocenters. The number of halogens is 1. The number of ether oxygens (including phenoxy) is 3. The van der Waals surface area contributed by atoms with Crippen molar-refractivity contribution in [3.05, 3.63) is 94.0 Å². The zero-order valence-corrected chi connectivity index (χ0v) is 23.0. The van der Waals surface area contributed by atoms with E-state index in [1.165, 1.54) is 0 Å². The number of aliphatic hydroxyl groups excluding tert-OH is 1. The lowest BCUT2D eigenvalue weighted by Crippen LogP contribution is -2.55. The van der Waals surface area contributed by atoms with E-state index in [0.29, 0.717) is 37.6 Å². The normalized spacial score (nSPS) is 18.4. The summed E-state index contributed by atoms with van der Waals surface area (Å²) in [4.78, 5) is 18.7. The third kappa shape index (κ3) is 6.35. The molecular formula is C29H32BrN3O5. The van der Waals surface area contributed by atoms with Gasteiger partial charge < -0.3 is 19.3 Å². The average Bonchev–Trinajstić information content (AvgIpc) is 3.27. The summed E-state index contributed by atoms with van der Waals surface area (Å²) < 4.78 is 18.1. The fourth-order valence-corrected chi connectivity index (χ4v) is 4.68. The van der Waals surface area contributed by atoms with Crippen LogP contribution in [0.25, 0.3) is 0 Å². The standard InChI is InChI=1S/C29H32BrN3O5/c1-20-29(18-22-8-3-5-10-25(22)30,28(35)33-31-19-23-9-4-6-11-26(23)36-2)32-27(38-20)21-12-14-24(15-13-21)37-17-7-16-34/h3-6,8-15,20,31,34H,7,16-19H2,1-2H3,(H,33,35)/t20-,29-/m0/s1. The maximum atomic E-state index is 13.8. The van der Waals surface area contributed by atoms with Gasteiger partial charge in [-0.05, 0) is 48.9 Å². The highest BCUT2D eigenvalue weighted by Crippen LogP contribution is 2.34. The summed E-state index contributed by atoms with van der Waals surface area (Å²) >= 11 is 3.61. The minimum atomic E-state index is -1.21. The number of aliphatic hydroxyl groups is 1. The highest BCUT2D eigenvalue weighted by atomic mass is 79.9. The number of hydrazine groups is 1. The fraction of sp³-hybridized carbons (Fsp3) is 0.310. The first kappa shape index (κ1) is 27.6. The number of amides is 1. The highest BCUT2D eigenvalue weighted by molar-refractivity contribution is 9.10. The van der Waals surface area contributed by atoms with Crippen LogP contribution in [0.15, 0.2) is 82.3 Å². The first-order valence-electron chi connectivity index (χ1n) is 12.5. The second-order valence-corrected chi connectivity index (χ2v) is 9.79. The molecule has 1 amide bonds. The number of carbonyl (C=O) groups excluding carboxylic acids is 1. The van der Waals surface area contributed by atoms with Crippen molar-refractivity contribution in [1.29, 1.82) is 0 Å². The molecule has 3 aromatic carbocycles. The summed E-state index contributed by atoms with van der Waals surface area (Å²) in [6.45, 7) is 2.75. The smallest absolute Gasteiger partial charge is 0.266 e. The summed E-state index contributed by atoms with van der Waals surface area (Å²) in [7, 11) is 1.62. The Morgan fingerprint density at radius 3 is 2.50 bits per heavy atom. The van der Waals surface area contributed by atoms with Gasteiger partial charge in [0.05, 0.1) is 13.7 Å². The van der Waals surface area contributed by atoms with Gasteiger partial charge in [-0.1, -0.05) is 52.3 Å². The molecule has 1 aliphatic heterocycles. The highest BCUT2D eigenvalue weighted by Gasteiger charge is 2.50. The summed E-state index contributed by atoms with van der Waals surface area (Å²) in [6.07, 6.45) is 0.370. The van der Waals surface area contributed by atoms with E-state index in [1.807, 2.05) is 79.7 Å². The van der Waals surface area contributed by atoms with Gasteiger partial charge in [0, 0.05) is 41.6 Å². The summed E-state index contributed by atoms with van der Waals surface area (Å²) in [5, 5.41) is 8.95. The SMILES string of the molecule is COc1ccccc1CNNC(=O)[C@@]1(Cc2ccccc2Br)N=C(c2ccc(OCCCO)cc2)O[C@H]1C. The Labute approximate surface area is 231 Å². The van der Waals surface area contributed by atoms with Crippen LogP contribution < -0.4 is 20.3 Å². The molecule has 3 aromatic rings. The van der Waals surface area contributed by atoms with Crippen LogP contribution in [0, 0.1) is 0 Å². The van der Waals surface area contributed by atoms with Gasteiger partial charge in [0.2, 0.25) is 5.90 Å². The van der Waals surface area contributed by atoms with Crippen LogP contribution in [-0.2, 0) is 22.5 Å². The molecule has 0 unspecified atom stereocenters. The molecule has 0 saturated heterocycles. The quantitative estimate of drug-likeness (QED) is 0.219. The average molecular weight is 582 g/mol. The second kappa shape index (κ2) is 12.9. The Morgan fingerprint density at radius 2 is 1.79 bits per heavy atom. The van der Waals surface area contributed by atoms with E-state index in [1.54, 1.807) is 7.11 Å². The Hall–Kier alpha value is -3.40. The zero-order valence-electron chi connectivity index (χ0n) is 21.4. The Balaban J connectivity index is 1.57. The van der Waals surface area contributed by atoms with Crippen molar-refractivity contribution >= 4 is 27.7 Å². The molecule has 0 radical (unpaired) electrons. The molecule has 8 nitrogen and oxygen atoms in total. The first-order chi connectivity index (χ1) is 18.5. The van der Waals surface area contributed by atoms with Crippen LogP contribution in [0.1, 0.15) is 30.0 Å². The molecule has 1 heterocycles. The maximum absolute atomic E-state index is 13.8. The maximum Gasteiger partial charge on any atom is 0.266 e. The van der Waals surface area contributed by atoms with E-state index in [4.69, 9.17) is 24.3 Å². The summed E-state index contributed by atoms with van der Waals surface area (Å²) in [5.41, 5.74) is 7.29. The Kier molecular flexibility index (Phi) is 9.38. The van der Waals surface area contributed by atoms with Gasteiger partial charge in [0.25, 0.3) is 5.91 Å². The van der Waals surface area contributed by atoms with Gasteiger partial charge in [-0.2, -0.15) is 0 Å². The van der Waals surface area contributed by atoms with E-state index >= 15 is 0 Å². The Bertz CT molecular complexity index is 1270. The van der Waals surface area contributed by atoms with Crippen molar-refractivity contribution in [1.82, 2.24) is 10.9 Å². The molecule has 0 saturated carbocycles. The van der Waals surface area contributed by atoms with E-state index in [-0.39, 0.29) is 12.5 Å². The largest absolute Gasteiger partial charge is 0.496 e. The lowest BCUT2D eigenvalue weighted by atomic mass is 9.86. The van der Waals surface area contributed by atoms with Crippen LogP contribution in [0.5, 0.6) is 11.5 Å². The number of para-hydroxylation sites is 1. The first-order valence-corrected chi connectivity index (χ1v) is 13.3. The van der Waals surface area contributed by atoms with Gasteiger partial charge in [-0.15, -0.1) is 0 Å². The van der Waals surface area contributed by atoms with Crippen LogP contribution in [-0.4, -0.2) is 48.9 Å². The monoisotopic (exact) mass is 581 g/mol. The third-order valence-electron chi connectivity index (χ3n) is 6.42. The van der Waals surface area contributed by atoms with Gasteiger partial charge >= 0.3 is 0 Å². The predicted octanol–water partition coefficient (Wildman–Crippen LogP) is 4.19. The fourth-order valence-electron chi connectivity index (χ4n) is 4.25. The van der Waals surface area contributed by atoms with Crippen LogP contribution in [0.2, 0.25) is 0 Å². The zero-order chi connectivity index (χ0) is 27.0. The second-order valence-electron chi connectivity index (χ2n) is 8.94. The molecular weight excluding hydrogens is 550 g/mol. The molecule has 0 spiro atoms. The molecule has 0 aromatic heterocycles. The van der Waals surface area contributed by atoms with E-state index in [2.05, 4.69) is 26.8 Å². The molecule has 0 bridgehead atoms. The number of nitrogens with zero attached hydrogens (tertiary/aromatic N) is 1. The van der Waals surface area contributed by atoms with Crippen molar-refractivity contribution in [2.24, 2.45) is 4.99 Å². The summed E-state index contributed by atoms with van der Waals surface area (Å²) in [6, 6.07) is 22.8. The van der Waals surface area contributed by atoms with Gasteiger partial charge in [0.1, 0.15) is 17.6 Å². The number of hydrogen-bond donors (Lipinski definition) is 3. The van der Waals surface area contributed by atoms with Crippen LogP contribution in [0.4, 0.5) is 0 Å². The number of nitrogens with one attached hydrogen (secondary N) is 2. The lowest BCUT2D eigenvalue weighted by Gasteiger charge is -2.28. The molecule has 9 heteroatoms. The predicted molar refractivity (Wildman–Crippen MR) is 149 cm³/mol. The lowest BCUT2D eigenvalue weighted by molar-refractivity contribution is -0.129. The molecule has 3 N–H and O–H groups in total. The van der Waals surface area contributed by atoms with E-state index < -0.39 is 11.6 Å². The number of aliphatic imine (C=N–C) groups is 1. The van der Waals surface area contributed by atoms with E-state index in [9.17, 15) is 4.79 Å². The molecule has 1 aliphatic rings. The molecule has 0 fully saturated rings. The van der Waals surface area contributed by atoms with Gasteiger partial charge in [0.15, 0.2) is 5.54 Å². The van der Waals surface area contributed by atoms with Crippen molar-refractivity contribution in [3.63, 3.8) is 0 Å². The molecule has 0 aliphatic carbocycles. The molecule has 4 rings (SSSR count). The van der Waals surface area contributed by atoms with Crippen molar-refractivity contribution in [3.8, 4) is 11.5 Å². The van der Waals surface area contributed by atoms with Crippen LogP contribution in [0.3, 0.4) is 0 Å². The number of methoxy groups -OCH3 is 1.